The molecule has 3 heteroatoms. The molecule has 0 aliphatic heterocycles. The fourth-order valence-electron chi connectivity index (χ4n) is 2.76. The van der Waals surface area contributed by atoms with E-state index in [0.717, 1.165) is 29.0 Å². The molecule has 0 fully saturated rings. The summed E-state index contributed by atoms with van der Waals surface area (Å²) in [6.45, 7) is 0. The third kappa shape index (κ3) is 4.61. The number of rotatable bonds is 6. The van der Waals surface area contributed by atoms with E-state index in [2.05, 4.69) is 17.4 Å². The van der Waals surface area contributed by atoms with Gasteiger partial charge in [0.2, 0.25) is 5.91 Å². The molecule has 0 radical (unpaired) electrons. The van der Waals surface area contributed by atoms with Crippen molar-refractivity contribution in [2.75, 3.05) is 12.4 Å². The van der Waals surface area contributed by atoms with E-state index in [4.69, 9.17) is 4.74 Å². The number of anilines is 1. The number of ether oxygens (including phenoxy) is 1. The second-order valence-electron chi connectivity index (χ2n) is 5.88. The van der Waals surface area contributed by atoms with Gasteiger partial charge in [0.1, 0.15) is 5.75 Å². The SMILES string of the molecule is COc1ccccc1C=CC(=O)Nc1ccccc1Cc1ccccc1. The van der Waals surface area contributed by atoms with Gasteiger partial charge in [-0.15, -0.1) is 0 Å². The third-order valence-electron chi connectivity index (χ3n) is 4.07. The summed E-state index contributed by atoms with van der Waals surface area (Å²) >= 11 is 0. The van der Waals surface area contributed by atoms with E-state index in [1.54, 1.807) is 13.2 Å². The number of hydrogen-bond acceptors (Lipinski definition) is 2. The lowest BCUT2D eigenvalue weighted by Crippen LogP contribution is -2.10. The van der Waals surface area contributed by atoms with Crippen molar-refractivity contribution >= 4 is 17.7 Å². The molecule has 3 aromatic carbocycles. The van der Waals surface area contributed by atoms with E-state index < -0.39 is 0 Å². The van der Waals surface area contributed by atoms with Crippen LogP contribution in [0.25, 0.3) is 6.08 Å². The van der Waals surface area contributed by atoms with E-state index >= 15 is 0 Å². The zero-order valence-corrected chi connectivity index (χ0v) is 14.7. The molecule has 26 heavy (non-hydrogen) atoms. The summed E-state index contributed by atoms with van der Waals surface area (Å²) in [6.07, 6.45) is 4.05. The highest BCUT2D eigenvalue weighted by molar-refractivity contribution is 6.02. The maximum absolute atomic E-state index is 12.4. The monoisotopic (exact) mass is 343 g/mol. The van der Waals surface area contributed by atoms with Crippen LogP contribution in [0.5, 0.6) is 5.75 Å². The van der Waals surface area contributed by atoms with Gasteiger partial charge in [-0.25, -0.2) is 0 Å². The summed E-state index contributed by atoms with van der Waals surface area (Å²) in [5.41, 5.74) is 3.98. The van der Waals surface area contributed by atoms with Crippen LogP contribution in [-0.2, 0) is 11.2 Å². The summed E-state index contributed by atoms with van der Waals surface area (Å²) in [5, 5.41) is 2.97. The Morgan fingerprint density at radius 2 is 1.62 bits per heavy atom. The van der Waals surface area contributed by atoms with Gasteiger partial charge in [0.15, 0.2) is 0 Å². The number of benzene rings is 3. The van der Waals surface area contributed by atoms with E-state index in [-0.39, 0.29) is 5.91 Å². The Kier molecular flexibility index (Phi) is 5.84. The number of nitrogens with one attached hydrogen (secondary N) is 1. The van der Waals surface area contributed by atoms with Crippen LogP contribution in [0.3, 0.4) is 0 Å². The third-order valence-corrected chi connectivity index (χ3v) is 4.07. The first-order valence-corrected chi connectivity index (χ1v) is 8.50. The summed E-state index contributed by atoms with van der Waals surface area (Å²) in [7, 11) is 1.62. The van der Waals surface area contributed by atoms with E-state index in [1.807, 2.05) is 66.7 Å². The van der Waals surface area contributed by atoms with Gasteiger partial charge in [0, 0.05) is 17.3 Å². The zero-order chi connectivity index (χ0) is 18.2. The molecule has 1 N–H and O–H groups in total. The predicted octanol–water partition coefficient (Wildman–Crippen LogP) is 4.94. The Labute approximate surface area is 154 Å². The highest BCUT2D eigenvalue weighted by Crippen LogP contribution is 2.20. The van der Waals surface area contributed by atoms with Crippen molar-refractivity contribution < 1.29 is 9.53 Å². The molecule has 3 nitrogen and oxygen atoms in total. The Hall–Kier alpha value is -3.33. The van der Waals surface area contributed by atoms with Crippen molar-refractivity contribution in [2.45, 2.75) is 6.42 Å². The average molecular weight is 343 g/mol. The highest BCUT2D eigenvalue weighted by atomic mass is 16.5. The summed E-state index contributed by atoms with van der Waals surface area (Å²) < 4.78 is 5.30. The maximum atomic E-state index is 12.4. The van der Waals surface area contributed by atoms with Gasteiger partial charge in [-0.05, 0) is 35.8 Å². The van der Waals surface area contributed by atoms with Crippen molar-refractivity contribution in [3.05, 3.63) is 102 Å². The lowest BCUT2D eigenvalue weighted by molar-refractivity contribution is -0.111. The number of methoxy groups -OCH3 is 1. The molecule has 0 bridgehead atoms. The van der Waals surface area contributed by atoms with Crippen molar-refractivity contribution in [1.29, 1.82) is 0 Å². The molecule has 130 valence electrons. The van der Waals surface area contributed by atoms with Crippen LogP contribution in [0.15, 0.2) is 84.9 Å². The number of para-hydroxylation sites is 2. The number of hydrogen-bond donors (Lipinski definition) is 1. The Balaban J connectivity index is 1.72. The predicted molar refractivity (Wildman–Crippen MR) is 106 cm³/mol. The molecule has 0 atom stereocenters. The van der Waals surface area contributed by atoms with E-state index in [9.17, 15) is 4.79 Å². The van der Waals surface area contributed by atoms with Crippen molar-refractivity contribution in [3.8, 4) is 5.75 Å². The summed E-state index contributed by atoms with van der Waals surface area (Å²) in [4.78, 5) is 12.4. The van der Waals surface area contributed by atoms with Gasteiger partial charge in [0.05, 0.1) is 7.11 Å². The van der Waals surface area contributed by atoms with Crippen LogP contribution in [0.1, 0.15) is 16.7 Å². The van der Waals surface area contributed by atoms with Crippen molar-refractivity contribution in [2.24, 2.45) is 0 Å². The lowest BCUT2D eigenvalue weighted by atomic mass is 10.0. The second-order valence-corrected chi connectivity index (χ2v) is 5.88. The average Bonchev–Trinajstić information content (AvgIpc) is 2.69. The van der Waals surface area contributed by atoms with Crippen LogP contribution in [0.4, 0.5) is 5.69 Å². The van der Waals surface area contributed by atoms with Gasteiger partial charge >= 0.3 is 0 Å². The smallest absolute Gasteiger partial charge is 0.248 e. The Morgan fingerprint density at radius 3 is 2.42 bits per heavy atom. The summed E-state index contributed by atoms with van der Waals surface area (Å²) in [5.74, 6) is 0.567. The molecule has 0 saturated carbocycles. The zero-order valence-electron chi connectivity index (χ0n) is 14.7. The van der Waals surface area contributed by atoms with E-state index in [0.29, 0.717) is 0 Å². The van der Waals surface area contributed by atoms with Crippen molar-refractivity contribution in [3.63, 3.8) is 0 Å². The number of carbonyl (C=O) groups excluding carboxylic acids is 1. The van der Waals surface area contributed by atoms with Gasteiger partial charge < -0.3 is 10.1 Å². The molecule has 0 aliphatic rings. The first-order chi connectivity index (χ1) is 12.8. The second kappa shape index (κ2) is 8.67. The van der Waals surface area contributed by atoms with Crippen LogP contribution in [0, 0.1) is 0 Å². The molecule has 0 unspecified atom stereocenters. The molecule has 0 aliphatic carbocycles. The van der Waals surface area contributed by atoms with Crippen molar-refractivity contribution in [1.82, 2.24) is 0 Å². The molecular formula is C23H21NO2. The van der Waals surface area contributed by atoms with Gasteiger partial charge in [-0.1, -0.05) is 66.7 Å². The minimum atomic E-state index is -0.170. The maximum Gasteiger partial charge on any atom is 0.248 e. The Morgan fingerprint density at radius 1 is 0.923 bits per heavy atom. The molecule has 0 heterocycles. The van der Waals surface area contributed by atoms with Gasteiger partial charge in [-0.3, -0.25) is 4.79 Å². The number of amides is 1. The van der Waals surface area contributed by atoms with Crippen LogP contribution in [0.2, 0.25) is 0 Å². The summed E-state index contributed by atoms with van der Waals surface area (Å²) in [6, 6.07) is 25.7. The van der Waals surface area contributed by atoms with Crippen LogP contribution in [-0.4, -0.2) is 13.0 Å². The normalized spacial score (nSPS) is 10.7. The topological polar surface area (TPSA) is 38.3 Å². The molecule has 0 spiro atoms. The molecule has 0 saturated heterocycles. The van der Waals surface area contributed by atoms with Crippen LogP contribution >= 0.6 is 0 Å². The minimum absolute atomic E-state index is 0.170. The molecule has 1 amide bonds. The quantitative estimate of drug-likeness (QED) is 0.644. The highest BCUT2D eigenvalue weighted by Gasteiger charge is 2.06. The molecule has 3 aromatic rings. The van der Waals surface area contributed by atoms with Gasteiger partial charge in [-0.2, -0.15) is 0 Å². The standard InChI is InChI=1S/C23H21NO2/c1-26-22-14-8-6-11-19(22)15-16-23(25)24-21-13-7-5-12-20(21)17-18-9-3-2-4-10-18/h2-16H,17H2,1H3,(H,24,25). The molecule has 0 aromatic heterocycles. The van der Waals surface area contributed by atoms with Gasteiger partial charge in [0.25, 0.3) is 0 Å². The Bertz CT molecular complexity index is 901. The minimum Gasteiger partial charge on any atom is -0.496 e. The fourth-order valence-corrected chi connectivity index (χ4v) is 2.76. The largest absolute Gasteiger partial charge is 0.496 e. The van der Waals surface area contributed by atoms with Crippen LogP contribution < -0.4 is 10.1 Å². The van der Waals surface area contributed by atoms with E-state index in [1.165, 1.54) is 11.6 Å². The molecular weight excluding hydrogens is 322 g/mol. The lowest BCUT2D eigenvalue weighted by Gasteiger charge is -2.10. The number of carbonyl (C=O) groups is 1. The first kappa shape index (κ1) is 17.5. The molecule has 3 rings (SSSR count). The first-order valence-electron chi connectivity index (χ1n) is 8.50. The fraction of sp³-hybridized carbons (Fsp3) is 0.0870.